The number of nitrogens with one attached hydrogen (secondary N) is 1. The van der Waals surface area contributed by atoms with Crippen LogP contribution in [0.2, 0.25) is 0 Å². The third kappa shape index (κ3) is 2.87. The molecule has 2 saturated heterocycles. The molecule has 3 heterocycles. The zero-order chi connectivity index (χ0) is 14.3. The van der Waals surface area contributed by atoms with Crippen LogP contribution in [0.3, 0.4) is 0 Å². The third-order valence-electron chi connectivity index (χ3n) is 5.38. The van der Waals surface area contributed by atoms with Gasteiger partial charge in [-0.05, 0) is 62.0 Å². The first-order valence-corrected chi connectivity index (χ1v) is 8.07. The summed E-state index contributed by atoms with van der Waals surface area (Å²) in [6, 6.07) is 6.72. The summed E-state index contributed by atoms with van der Waals surface area (Å²) in [6.07, 6.45) is 5.97. The number of fused-ring (bicyclic) bond motifs is 1. The number of aryl methyl sites for hydroxylation is 1. The Bertz CT molecular complexity index is 645. The number of halogens is 1. The topological polar surface area (TPSA) is 33.1 Å². The number of imidazole rings is 1. The van der Waals surface area contributed by atoms with Crippen molar-refractivity contribution < 1.29 is 0 Å². The lowest BCUT2D eigenvalue weighted by Gasteiger charge is -2.33. The summed E-state index contributed by atoms with van der Waals surface area (Å²) in [5.41, 5.74) is 4.33. The van der Waals surface area contributed by atoms with Crippen LogP contribution in [0.25, 0.3) is 11.0 Å². The van der Waals surface area contributed by atoms with E-state index in [9.17, 15) is 0 Å². The lowest BCUT2D eigenvalue weighted by atomic mass is 9.78. The van der Waals surface area contributed by atoms with Gasteiger partial charge in [-0.2, -0.15) is 0 Å². The first-order chi connectivity index (χ1) is 10.2. The molecule has 4 rings (SSSR count). The highest BCUT2D eigenvalue weighted by molar-refractivity contribution is 5.85. The number of aromatic nitrogens is 2. The average Bonchev–Trinajstić information content (AvgIpc) is 3.05. The quantitative estimate of drug-likeness (QED) is 0.923. The number of hydrogen-bond acceptors (Lipinski definition) is 3. The largest absolute Gasteiger partial charge is 0.334 e. The summed E-state index contributed by atoms with van der Waals surface area (Å²) >= 11 is 0. The molecule has 0 unspecified atom stereocenters. The normalized spacial score (nSPS) is 21.3. The summed E-state index contributed by atoms with van der Waals surface area (Å²) in [4.78, 5) is 7.11. The van der Waals surface area contributed by atoms with E-state index in [1.54, 1.807) is 0 Å². The zero-order valence-corrected chi connectivity index (χ0v) is 14.0. The van der Waals surface area contributed by atoms with Crippen molar-refractivity contribution in [3.05, 3.63) is 30.1 Å². The van der Waals surface area contributed by atoms with Crippen LogP contribution < -0.4 is 5.32 Å². The van der Waals surface area contributed by atoms with E-state index in [0.29, 0.717) is 5.41 Å². The SMILES string of the molecule is Cl.Cn1cnc2cc(CN3CCC4(CCNCC4)C3)ccc21. The van der Waals surface area contributed by atoms with E-state index in [4.69, 9.17) is 0 Å². The maximum absolute atomic E-state index is 4.47. The molecule has 5 heteroatoms. The van der Waals surface area contributed by atoms with Crippen LogP contribution in [-0.4, -0.2) is 40.6 Å². The Labute approximate surface area is 138 Å². The Morgan fingerprint density at radius 3 is 2.86 bits per heavy atom. The minimum atomic E-state index is 0. The third-order valence-corrected chi connectivity index (χ3v) is 5.38. The summed E-state index contributed by atoms with van der Waals surface area (Å²) < 4.78 is 2.08. The van der Waals surface area contributed by atoms with Gasteiger partial charge in [0.25, 0.3) is 0 Å². The van der Waals surface area contributed by atoms with E-state index in [0.717, 1.165) is 12.1 Å². The molecule has 1 aromatic carbocycles. The highest BCUT2D eigenvalue weighted by Gasteiger charge is 2.38. The van der Waals surface area contributed by atoms with Gasteiger partial charge in [0.1, 0.15) is 0 Å². The Balaban J connectivity index is 0.00000144. The highest BCUT2D eigenvalue weighted by atomic mass is 35.5. The van der Waals surface area contributed by atoms with E-state index in [2.05, 4.69) is 45.0 Å². The van der Waals surface area contributed by atoms with Crippen LogP contribution in [0.5, 0.6) is 0 Å². The number of hydrogen-bond donors (Lipinski definition) is 1. The predicted molar refractivity (Wildman–Crippen MR) is 92.4 cm³/mol. The fourth-order valence-electron chi connectivity index (χ4n) is 4.07. The maximum atomic E-state index is 4.47. The molecule has 0 atom stereocenters. The predicted octanol–water partition coefficient (Wildman–Crippen LogP) is 2.57. The van der Waals surface area contributed by atoms with E-state index in [1.165, 1.54) is 56.5 Å². The molecule has 2 aromatic rings. The first-order valence-electron chi connectivity index (χ1n) is 8.07. The number of benzene rings is 1. The van der Waals surface area contributed by atoms with Gasteiger partial charge in [-0.25, -0.2) is 4.98 Å². The average molecular weight is 321 g/mol. The van der Waals surface area contributed by atoms with Crippen LogP contribution in [0.1, 0.15) is 24.8 Å². The molecule has 1 aromatic heterocycles. The first kappa shape index (κ1) is 15.8. The summed E-state index contributed by atoms with van der Waals surface area (Å²) in [5.74, 6) is 0. The van der Waals surface area contributed by atoms with Crippen molar-refractivity contribution in [3.8, 4) is 0 Å². The lowest BCUT2D eigenvalue weighted by Crippen LogP contribution is -2.38. The molecule has 0 radical (unpaired) electrons. The van der Waals surface area contributed by atoms with Gasteiger partial charge < -0.3 is 9.88 Å². The summed E-state index contributed by atoms with van der Waals surface area (Å²) in [7, 11) is 2.05. The van der Waals surface area contributed by atoms with Crippen molar-refractivity contribution in [2.24, 2.45) is 12.5 Å². The number of likely N-dealkylation sites (tertiary alicyclic amines) is 1. The maximum Gasteiger partial charge on any atom is 0.0955 e. The molecule has 2 aliphatic rings. The van der Waals surface area contributed by atoms with Crippen LogP contribution in [0.15, 0.2) is 24.5 Å². The fraction of sp³-hybridized carbons (Fsp3) is 0.588. The Kier molecular flexibility index (Phi) is 4.44. The number of nitrogens with zero attached hydrogens (tertiary/aromatic N) is 3. The molecule has 0 amide bonds. The monoisotopic (exact) mass is 320 g/mol. The van der Waals surface area contributed by atoms with Crippen LogP contribution in [-0.2, 0) is 13.6 Å². The second kappa shape index (κ2) is 6.19. The Morgan fingerprint density at radius 1 is 1.23 bits per heavy atom. The molecular formula is C17H25ClN4. The minimum Gasteiger partial charge on any atom is -0.334 e. The molecular weight excluding hydrogens is 296 g/mol. The molecule has 22 heavy (non-hydrogen) atoms. The van der Waals surface area contributed by atoms with Gasteiger partial charge in [-0.15, -0.1) is 12.4 Å². The van der Waals surface area contributed by atoms with Crippen molar-refractivity contribution in [1.29, 1.82) is 0 Å². The van der Waals surface area contributed by atoms with Gasteiger partial charge in [0.15, 0.2) is 0 Å². The number of piperidine rings is 1. The van der Waals surface area contributed by atoms with E-state index < -0.39 is 0 Å². The molecule has 2 aliphatic heterocycles. The van der Waals surface area contributed by atoms with Gasteiger partial charge in [-0.1, -0.05) is 6.07 Å². The van der Waals surface area contributed by atoms with Crippen molar-refractivity contribution in [2.75, 3.05) is 26.2 Å². The smallest absolute Gasteiger partial charge is 0.0955 e. The van der Waals surface area contributed by atoms with Gasteiger partial charge in [0.05, 0.1) is 17.4 Å². The molecule has 1 N–H and O–H groups in total. The van der Waals surface area contributed by atoms with Crippen molar-refractivity contribution in [2.45, 2.75) is 25.8 Å². The van der Waals surface area contributed by atoms with Gasteiger partial charge in [0, 0.05) is 20.1 Å². The van der Waals surface area contributed by atoms with Crippen LogP contribution >= 0.6 is 12.4 Å². The second-order valence-corrected chi connectivity index (χ2v) is 6.89. The van der Waals surface area contributed by atoms with Gasteiger partial charge >= 0.3 is 0 Å². The van der Waals surface area contributed by atoms with Crippen molar-refractivity contribution in [1.82, 2.24) is 19.8 Å². The molecule has 0 aliphatic carbocycles. The lowest BCUT2D eigenvalue weighted by molar-refractivity contribution is 0.194. The summed E-state index contributed by atoms with van der Waals surface area (Å²) in [5, 5.41) is 3.49. The van der Waals surface area contributed by atoms with Crippen molar-refractivity contribution in [3.63, 3.8) is 0 Å². The Hall–Kier alpha value is -1.10. The van der Waals surface area contributed by atoms with E-state index in [1.807, 2.05) is 6.33 Å². The standard InChI is InChI=1S/C17H24N4.ClH/c1-20-13-19-15-10-14(2-3-16(15)20)11-21-9-6-17(12-21)4-7-18-8-5-17;/h2-3,10,13,18H,4-9,11-12H2,1H3;1H. The van der Waals surface area contributed by atoms with Crippen molar-refractivity contribution >= 4 is 23.4 Å². The zero-order valence-electron chi connectivity index (χ0n) is 13.2. The van der Waals surface area contributed by atoms with E-state index >= 15 is 0 Å². The van der Waals surface area contributed by atoms with Gasteiger partial charge in [0.2, 0.25) is 0 Å². The van der Waals surface area contributed by atoms with E-state index in [-0.39, 0.29) is 12.4 Å². The van der Waals surface area contributed by atoms with Gasteiger partial charge in [-0.3, -0.25) is 4.90 Å². The molecule has 120 valence electrons. The van der Waals surface area contributed by atoms with Crippen LogP contribution in [0, 0.1) is 5.41 Å². The highest BCUT2D eigenvalue weighted by Crippen LogP contribution is 2.39. The molecule has 1 spiro atoms. The van der Waals surface area contributed by atoms with Crippen LogP contribution in [0.4, 0.5) is 0 Å². The molecule has 4 nitrogen and oxygen atoms in total. The molecule has 0 bridgehead atoms. The Morgan fingerprint density at radius 2 is 2.05 bits per heavy atom. The number of rotatable bonds is 2. The second-order valence-electron chi connectivity index (χ2n) is 6.89. The molecule has 0 saturated carbocycles. The summed E-state index contributed by atoms with van der Waals surface area (Å²) in [6.45, 7) is 6.00. The minimum absolute atomic E-state index is 0. The fourth-order valence-corrected chi connectivity index (χ4v) is 4.07. The molecule has 2 fully saturated rings.